The number of unbranched alkanes of at least 4 members (excludes halogenated alkanes) is 1. The predicted octanol–water partition coefficient (Wildman–Crippen LogP) is 5.04. The molecule has 0 heterocycles. The minimum Gasteiger partial charge on any atom is -0.103 e. The Bertz CT molecular complexity index is 255. The molecule has 0 spiro atoms. The van der Waals surface area contributed by atoms with Gasteiger partial charge in [-0.15, -0.1) is 6.58 Å². The van der Waals surface area contributed by atoms with Crippen molar-refractivity contribution >= 4 is 0 Å². The highest BCUT2D eigenvalue weighted by Crippen LogP contribution is 2.25. The van der Waals surface area contributed by atoms with Gasteiger partial charge in [-0.1, -0.05) is 29.4 Å². The molecule has 1 atom stereocenters. The zero-order chi connectivity index (χ0) is 11.1. The van der Waals surface area contributed by atoms with Crippen LogP contribution in [0.2, 0.25) is 0 Å². The van der Waals surface area contributed by atoms with Gasteiger partial charge in [0.2, 0.25) is 0 Å². The van der Waals surface area contributed by atoms with E-state index < -0.39 is 0 Å². The Balaban J connectivity index is 2.49. The monoisotopic (exact) mass is 204 g/mol. The van der Waals surface area contributed by atoms with E-state index >= 15 is 0 Å². The van der Waals surface area contributed by atoms with E-state index in [1.807, 2.05) is 6.08 Å². The molecule has 0 aromatic heterocycles. The van der Waals surface area contributed by atoms with E-state index in [2.05, 4.69) is 32.6 Å². The molecule has 1 aliphatic carbocycles. The van der Waals surface area contributed by atoms with Crippen molar-refractivity contribution in [1.29, 1.82) is 0 Å². The fourth-order valence-corrected chi connectivity index (χ4v) is 2.30. The molecule has 0 aliphatic heterocycles. The van der Waals surface area contributed by atoms with Crippen LogP contribution in [0.5, 0.6) is 0 Å². The molecular weight excluding hydrogens is 180 g/mol. The third-order valence-corrected chi connectivity index (χ3v) is 3.12. The van der Waals surface area contributed by atoms with Crippen molar-refractivity contribution in [2.75, 3.05) is 0 Å². The third-order valence-electron chi connectivity index (χ3n) is 3.12. The van der Waals surface area contributed by atoms with Crippen molar-refractivity contribution < 1.29 is 0 Å². The fourth-order valence-electron chi connectivity index (χ4n) is 2.30. The highest BCUT2D eigenvalue weighted by atomic mass is 14.1. The van der Waals surface area contributed by atoms with E-state index in [1.54, 1.807) is 11.1 Å². The van der Waals surface area contributed by atoms with Crippen molar-refractivity contribution in [1.82, 2.24) is 0 Å². The predicted molar refractivity (Wildman–Crippen MR) is 68.9 cm³/mol. The molecule has 0 radical (unpaired) electrons. The summed E-state index contributed by atoms with van der Waals surface area (Å²) in [4.78, 5) is 0. The summed E-state index contributed by atoms with van der Waals surface area (Å²) in [5.74, 6) is 0.765. The average Bonchev–Trinajstić information content (AvgIpc) is 2.15. The maximum atomic E-state index is 3.78. The van der Waals surface area contributed by atoms with Crippen molar-refractivity contribution in [3.8, 4) is 0 Å². The molecule has 0 saturated heterocycles. The molecule has 0 amide bonds. The summed E-state index contributed by atoms with van der Waals surface area (Å²) in [6, 6.07) is 0. The van der Waals surface area contributed by atoms with E-state index in [0.29, 0.717) is 0 Å². The van der Waals surface area contributed by atoms with E-state index in [1.165, 1.54) is 32.1 Å². The Morgan fingerprint density at radius 3 is 2.93 bits per heavy atom. The van der Waals surface area contributed by atoms with E-state index in [4.69, 9.17) is 0 Å². The van der Waals surface area contributed by atoms with E-state index in [9.17, 15) is 0 Å². The maximum Gasteiger partial charge on any atom is -0.0194 e. The molecule has 0 aromatic carbocycles. The Labute approximate surface area is 94.8 Å². The second kappa shape index (κ2) is 6.66. The van der Waals surface area contributed by atoms with Crippen molar-refractivity contribution in [2.24, 2.45) is 5.92 Å². The molecule has 0 bridgehead atoms. The summed E-state index contributed by atoms with van der Waals surface area (Å²) in [5, 5.41) is 0. The Morgan fingerprint density at radius 2 is 2.20 bits per heavy atom. The summed E-state index contributed by atoms with van der Waals surface area (Å²) in [6.07, 6.45) is 14.4. The molecule has 1 unspecified atom stereocenters. The minimum absolute atomic E-state index is 0.765. The number of hydrogen-bond donors (Lipinski definition) is 0. The molecule has 0 heteroatoms. The first-order valence-corrected chi connectivity index (χ1v) is 6.16. The summed E-state index contributed by atoms with van der Waals surface area (Å²) >= 11 is 0. The summed E-state index contributed by atoms with van der Waals surface area (Å²) in [6.45, 7) is 8.33. The molecule has 0 aromatic rings. The van der Waals surface area contributed by atoms with E-state index in [-0.39, 0.29) is 0 Å². The third kappa shape index (κ3) is 5.01. The second-order valence-electron chi connectivity index (χ2n) is 4.79. The van der Waals surface area contributed by atoms with Gasteiger partial charge in [-0.3, -0.25) is 0 Å². The highest BCUT2D eigenvalue weighted by Gasteiger charge is 2.08. The molecule has 0 nitrogen and oxygen atoms in total. The SMILES string of the molecule is C=CCCCC1C=C(C)CCC=C(C)C1. The zero-order valence-corrected chi connectivity index (χ0v) is 10.3. The van der Waals surface area contributed by atoms with Crippen LogP contribution in [0.25, 0.3) is 0 Å². The van der Waals surface area contributed by atoms with Gasteiger partial charge in [0, 0.05) is 0 Å². The van der Waals surface area contributed by atoms with Gasteiger partial charge in [0.25, 0.3) is 0 Å². The summed E-state index contributed by atoms with van der Waals surface area (Å²) in [7, 11) is 0. The normalized spacial score (nSPS) is 22.4. The molecule has 0 N–H and O–H groups in total. The zero-order valence-electron chi connectivity index (χ0n) is 10.3. The molecule has 1 aliphatic rings. The lowest BCUT2D eigenvalue weighted by molar-refractivity contribution is 0.551. The molecule has 0 saturated carbocycles. The van der Waals surface area contributed by atoms with Gasteiger partial charge in [-0.2, -0.15) is 0 Å². The van der Waals surface area contributed by atoms with Crippen LogP contribution in [0, 0.1) is 5.92 Å². The molecule has 84 valence electrons. The van der Waals surface area contributed by atoms with Gasteiger partial charge in [-0.25, -0.2) is 0 Å². The quantitative estimate of drug-likeness (QED) is 0.445. The van der Waals surface area contributed by atoms with Crippen LogP contribution in [0.15, 0.2) is 36.0 Å². The molecule has 1 rings (SSSR count). The average molecular weight is 204 g/mol. The summed E-state index contributed by atoms with van der Waals surface area (Å²) in [5.41, 5.74) is 3.14. The Hall–Kier alpha value is -0.780. The van der Waals surface area contributed by atoms with Crippen LogP contribution >= 0.6 is 0 Å². The van der Waals surface area contributed by atoms with Crippen molar-refractivity contribution in [3.63, 3.8) is 0 Å². The van der Waals surface area contributed by atoms with Crippen LogP contribution in [-0.2, 0) is 0 Å². The van der Waals surface area contributed by atoms with Gasteiger partial charge < -0.3 is 0 Å². The number of hydrogen-bond acceptors (Lipinski definition) is 0. The smallest absolute Gasteiger partial charge is 0.0194 e. The largest absolute Gasteiger partial charge is 0.103 e. The van der Waals surface area contributed by atoms with Crippen molar-refractivity contribution in [3.05, 3.63) is 36.0 Å². The van der Waals surface area contributed by atoms with Gasteiger partial charge in [0.1, 0.15) is 0 Å². The number of rotatable bonds is 4. The van der Waals surface area contributed by atoms with Gasteiger partial charge >= 0.3 is 0 Å². The van der Waals surface area contributed by atoms with Gasteiger partial charge in [0.05, 0.1) is 0 Å². The Kier molecular flexibility index (Phi) is 5.45. The molecule has 0 fully saturated rings. The van der Waals surface area contributed by atoms with Crippen LogP contribution in [-0.4, -0.2) is 0 Å². The van der Waals surface area contributed by atoms with Crippen LogP contribution < -0.4 is 0 Å². The number of allylic oxidation sites excluding steroid dienone is 5. The van der Waals surface area contributed by atoms with Gasteiger partial charge in [-0.05, 0) is 58.3 Å². The standard InChI is InChI=1S/C15H24/c1-4-5-6-10-15-11-13(2)8-7-9-14(3)12-15/h4,8,12,15H,1,5-7,9-11H2,2-3H3. The van der Waals surface area contributed by atoms with Gasteiger partial charge in [0.15, 0.2) is 0 Å². The maximum absolute atomic E-state index is 3.78. The first-order chi connectivity index (χ1) is 7.22. The Morgan fingerprint density at radius 1 is 1.40 bits per heavy atom. The molecule has 15 heavy (non-hydrogen) atoms. The van der Waals surface area contributed by atoms with Crippen LogP contribution in [0.3, 0.4) is 0 Å². The lowest BCUT2D eigenvalue weighted by Gasteiger charge is -2.17. The topological polar surface area (TPSA) is 0 Å². The molecular formula is C15H24. The first kappa shape index (κ1) is 12.3. The second-order valence-corrected chi connectivity index (χ2v) is 4.79. The van der Waals surface area contributed by atoms with Crippen LogP contribution in [0.1, 0.15) is 52.4 Å². The summed E-state index contributed by atoms with van der Waals surface area (Å²) < 4.78 is 0. The highest BCUT2D eigenvalue weighted by molar-refractivity contribution is 5.11. The fraction of sp³-hybridized carbons (Fsp3) is 0.600. The first-order valence-electron chi connectivity index (χ1n) is 6.16. The van der Waals surface area contributed by atoms with Crippen molar-refractivity contribution in [2.45, 2.75) is 52.4 Å². The lowest BCUT2D eigenvalue weighted by atomic mass is 9.89. The van der Waals surface area contributed by atoms with E-state index in [0.717, 1.165) is 12.3 Å². The van der Waals surface area contributed by atoms with Crippen LogP contribution in [0.4, 0.5) is 0 Å². The minimum atomic E-state index is 0.765. The lowest BCUT2D eigenvalue weighted by Crippen LogP contribution is -2.01.